The third-order valence-electron chi connectivity index (χ3n) is 7.82. The van der Waals surface area contributed by atoms with Crippen LogP contribution >= 0.6 is 11.8 Å². The van der Waals surface area contributed by atoms with Gasteiger partial charge in [-0.25, -0.2) is 0 Å². The Hall–Kier alpha value is -2.15. The normalized spacial score (nSPS) is 19.2. The number of nitrogens with one attached hydrogen (secondary N) is 1. The zero-order chi connectivity index (χ0) is 24.7. The van der Waals surface area contributed by atoms with Crippen molar-refractivity contribution >= 4 is 29.1 Å². The first-order valence-corrected chi connectivity index (χ1v) is 14.8. The lowest BCUT2D eigenvalue weighted by molar-refractivity contribution is 0.0779. The molecule has 1 N–H and O–H groups in total. The maximum absolute atomic E-state index is 12.9. The largest absolute Gasteiger partial charge is 0.352 e. The molecule has 192 valence electrons. The SMILES string of the molecule is CCCC1=Nc2cc(C(=O)NCCCN3CCN(C4CCCCC4)CC3)ccc2Sc2ccccc21. The first-order chi connectivity index (χ1) is 17.7. The van der Waals surface area contributed by atoms with Crippen molar-refractivity contribution in [3.8, 4) is 0 Å². The molecular formula is C30H40N4OS. The van der Waals surface area contributed by atoms with Gasteiger partial charge < -0.3 is 10.2 Å². The number of carbonyl (C=O) groups excluding carboxylic acids is 1. The molecule has 6 heteroatoms. The Morgan fingerprint density at radius 3 is 2.64 bits per heavy atom. The Balaban J connectivity index is 1.12. The Morgan fingerprint density at radius 2 is 1.83 bits per heavy atom. The molecule has 0 unspecified atom stereocenters. The summed E-state index contributed by atoms with van der Waals surface area (Å²) in [6, 6.07) is 15.3. The third kappa shape index (κ3) is 6.21. The summed E-state index contributed by atoms with van der Waals surface area (Å²) in [6.07, 6.45) is 10.0. The monoisotopic (exact) mass is 504 g/mol. The van der Waals surface area contributed by atoms with Gasteiger partial charge in [-0.1, -0.05) is 62.6 Å². The predicted molar refractivity (Wildman–Crippen MR) is 150 cm³/mol. The number of hydrogen-bond donors (Lipinski definition) is 1. The summed E-state index contributed by atoms with van der Waals surface area (Å²) in [5.74, 6) is -0.001000. The summed E-state index contributed by atoms with van der Waals surface area (Å²) in [5.41, 5.74) is 3.93. The van der Waals surface area contributed by atoms with Crippen molar-refractivity contribution in [2.45, 2.75) is 74.1 Å². The molecule has 3 aliphatic rings. The van der Waals surface area contributed by atoms with E-state index >= 15 is 0 Å². The number of benzene rings is 2. The highest BCUT2D eigenvalue weighted by Crippen LogP contribution is 2.41. The highest BCUT2D eigenvalue weighted by atomic mass is 32.2. The van der Waals surface area contributed by atoms with E-state index in [-0.39, 0.29) is 5.91 Å². The fourth-order valence-electron chi connectivity index (χ4n) is 5.78. The zero-order valence-electron chi connectivity index (χ0n) is 21.7. The van der Waals surface area contributed by atoms with Gasteiger partial charge in [0, 0.05) is 65.4 Å². The smallest absolute Gasteiger partial charge is 0.251 e. The van der Waals surface area contributed by atoms with Crippen LogP contribution in [0.1, 0.15) is 74.2 Å². The molecule has 2 aromatic rings. The van der Waals surface area contributed by atoms with Gasteiger partial charge in [0.1, 0.15) is 0 Å². The molecule has 0 atom stereocenters. The van der Waals surface area contributed by atoms with Crippen LogP contribution in [-0.2, 0) is 0 Å². The molecule has 0 radical (unpaired) electrons. The van der Waals surface area contributed by atoms with E-state index in [9.17, 15) is 4.79 Å². The van der Waals surface area contributed by atoms with Gasteiger partial charge in [-0.3, -0.25) is 14.7 Å². The molecule has 2 fully saturated rings. The summed E-state index contributed by atoms with van der Waals surface area (Å²) in [7, 11) is 0. The van der Waals surface area contributed by atoms with Crippen LogP contribution in [0.25, 0.3) is 0 Å². The van der Waals surface area contributed by atoms with Gasteiger partial charge in [0.15, 0.2) is 0 Å². The molecule has 0 aromatic heterocycles. The van der Waals surface area contributed by atoms with Crippen LogP contribution in [0.4, 0.5) is 5.69 Å². The molecule has 2 heterocycles. The summed E-state index contributed by atoms with van der Waals surface area (Å²) in [6.45, 7) is 8.68. The Morgan fingerprint density at radius 1 is 1.03 bits per heavy atom. The standard InChI is InChI=1S/C30H40N4OS/c1-2-9-26-25-12-6-7-13-28(25)36-29-15-14-23(22-27(29)32-26)30(35)31-16-8-17-33-18-20-34(21-19-33)24-10-4-3-5-11-24/h6-7,12-15,22,24H,2-5,8-11,16-21H2,1H3,(H,31,35). The van der Waals surface area contributed by atoms with Crippen molar-refractivity contribution in [1.82, 2.24) is 15.1 Å². The van der Waals surface area contributed by atoms with E-state index in [4.69, 9.17) is 4.99 Å². The first-order valence-electron chi connectivity index (χ1n) is 13.9. The van der Waals surface area contributed by atoms with Crippen LogP contribution in [0, 0.1) is 0 Å². The van der Waals surface area contributed by atoms with Crippen molar-refractivity contribution in [3.05, 3.63) is 53.6 Å². The van der Waals surface area contributed by atoms with Gasteiger partial charge in [-0.2, -0.15) is 0 Å². The molecule has 36 heavy (non-hydrogen) atoms. The lowest BCUT2D eigenvalue weighted by Gasteiger charge is -2.40. The van der Waals surface area contributed by atoms with E-state index in [1.165, 1.54) is 55.7 Å². The molecule has 0 bridgehead atoms. The number of nitrogens with zero attached hydrogens (tertiary/aromatic N) is 3. The maximum atomic E-state index is 12.9. The first kappa shape index (κ1) is 25.5. The summed E-state index contributed by atoms with van der Waals surface area (Å²) in [5, 5.41) is 3.14. The molecule has 1 saturated heterocycles. The molecule has 1 amide bonds. The minimum atomic E-state index is -0.001000. The Labute approximate surface area is 220 Å². The number of rotatable bonds is 8. The minimum Gasteiger partial charge on any atom is -0.352 e. The van der Waals surface area contributed by atoms with Crippen molar-refractivity contribution < 1.29 is 4.79 Å². The van der Waals surface area contributed by atoms with E-state index in [1.807, 2.05) is 12.1 Å². The average molecular weight is 505 g/mol. The Bertz CT molecular complexity index is 1070. The highest BCUT2D eigenvalue weighted by Gasteiger charge is 2.25. The molecule has 2 aliphatic heterocycles. The van der Waals surface area contributed by atoms with Crippen molar-refractivity contribution in [1.29, 1.82) is 0 Å². The number of amides is 1. The zero-order valence-corrected chi connectivity index (χ0v) is 22.5. The second-order valence-electron chi connectivity index (χ2n) is 10.4. The predicted octanol–water partition coefficient (Wildman–Crippen LogP) is 6.14. The van der Waals surface area contributed by atoms with E-state index < -0.39 is 0 Å². The van der Waals surface area contributed by atoms with Gasteiger partial charge in [0.25, 0.3) is 5.91 Å². The number of piperazine rings is 1. The topological polar surface area (TPSA) is 47.9 Å². The highest BCUT2D eigenvalue weighted by molar-refractivity contribution is 7.99. The maximum Gasteiger partial charge on any atom is 0.251 e. The van der Waals surface area contributed by atoms with Crippen LogP contribution in [0.15, 0.2) is 57.2 Å². The van der Waals surface area contributed by atoms with E-state index in [0.717, 1.165) is 61.2 Å². The quantitative estimate of drug-likeness (QED) is 0.439. The van der Waals surface area contributed by atoms with Crippen LogP contribution < -0.4 is 5.32 Å². The lowest BCUT2D eigenvalue weighted by Crippen LogP contribution is -2.51. The van der Waals surface area contributed by atoms with Crippen LogP contribution in [0.2, 0.25) is 0 Å². The molecule has 1 saturated carbocycles. The van der Waals surface area contributed by atoms with Crippen LogP contribution in [0.5, 0.6) is 0 Å². The number of carbonyl (C=O) groups is 1. The van der Waals surface area contributed by atoms with Gasteiger partial charge in [-0.15, -0.1) is 0 Å². The number of hydrogen-bond acceptors (Lipinski definition) is 5. The molecule has 1 aliphatic carbocycles. The van der Waals surface area contributed by atoms with Crippen molar-refractivity contribution in [2.24, 2.45) is 4.99 Å². The molecule has 0 spiro atoms. The van der Waals surface area contributed by atoms with Gasteiger partial charge in [0.2, 0.25) is 0 Å². The molecule has 5 rings (SSSR count). The van der Waals surface area contributed by atoms with Crippen LogP contribution in [-0.4, -0.2) is 66.7 Å². The second-order valence-corrected chi connectivity index (χ2v) is 11.5. The van der Waals surface area contributed by atoms with Crippen LogP contribution in [0.3, 0.4) is 0 Å². The van der Waals surface area contributed by atoms with Gasteiger partial charge in [-0.05, 0) is 56.5 Å². The van der Waals surface area contributed by atoms with Crippen molar-refractivity contribution in [2.75, 3.05) is 39.3 Å². The van der Waals surface area contributed by atoms with Gasteiger partial charge >= 0.3 is 0 Å². The fraction of sp³-hybridized carbons (Fsp3) is 0.533. The lowest BCUT2D eigenvalue weighted by atomic mass is 9.94. The third-order valence-corrected chi connectivity index (χ3v) is 8.96. The summed E-state index contributed by atoms with van der Waals surface area (Å²) < 4.78 is 0. The molecule has 5 nitrogen and oxygen atoms in total. The number of fused-ring (bicyclic) bond motifs is 2. The fourth-order valence-corrected chi connectivity index (χ4v) is 6.81. The summed E-state index contributed by atoms with van der Waals surface area (Å²) >= 11 is 1.74. The minimum absolute atomic E-state index is 0.001000. The number of aliphatic imine (C=N–C) groups is 1. The van der Waals surface area contributed by atoms with E-state index in [0.29, 0.717) is 12.1 Å². The van der Waals surface area contributed by atoms with E-state index in [1.54, 1.807) is 11.8 Å². The average Bonchev–Trinajstić information content (AvgIpc) is 3.08. The van der Waals surface area contributed by atoms with E-state index in [2.05, 4.69) is 52.4 Å². The Kier molecular flexibility index (Phi) is 8.78. The molecular weight excluding hydrogens is 464 g/mol. The second kappa shape index (κ2) is 12.4. The van der Waals surface area contributed by atoms with Gasteiger partial charge in [0.05, 0.1) is 5.69 Å². The summed E-state index contributed by atoms with van der Waals surface area (Å²) in [4.78, 5) is 25.6. The van der Waals surface area contributed by atoms with Crippen molar-refractivity contribution in [3.63, 3.8) is 0 Å². The molecule has 2 aromatic carbocycles.